The maximum Gasteiger partial charge on any atom is 0.224 e. The number of nitrogens with one attached hydrogen (secondary N) is 1. The first-order valence-corrected chi connectivity index (χ1v) is 6.93. The number of anilines is 1. The molecule has 1 aromatic rings. The molecule has 1 atom stereocenters. The van der Waals surface area contributed by atoms with Gasteiger partial charge in [0.15, 0.2) is 0 Å². The first-order valence-electron chi connectivity index (χ1n) is 6.93. The van der Waals surface area contributed by atoms with Gasteiger partial charge in [0.05, 0.1) is 0 Å². The van der Waals surface area contributed by atoms with Crippen LogP contribution in [0.3, 0.4) is 0 Å². The molecule has 1 saturated heterocycles. The van der Waals surface area contributed by atoms with E-state index in [9.17, 15) is 0 Å². The summed E-state index contributed by atoms with van der Waals surface area (Å²) in [6.45, 7) is 8.52. The standard InChI is InChI=1S/C14H21N5/c1-3-5-19-6-4-12(10-19)9-16-14-17-11(2)7-13(8-15)18-14/h7,12H,3-6,9-10H2,1-2H3,(H,16,17,18). The van der Waals surface area contributed by atoms with Crippen LogP contribution < -0.4 is 5.32 Å². The Labute approximate surface area is 114 Å². The van der Waals surface area contributed by atoms with Gasteiger partial charge in [0.1, 0.15) is 11.8 Å². The van der Waals surface area contributed by atoms with Crippen LogP contribution in [0.4, 0.5) is 5.95 Å². The number of rotatable bonds is 5. The second kappa shape index (κ2) is 6.48. The molecule has 0 aromatic carbocycles. The monoisotopic (exact) mass is 259 g/mol. The minimum absolute atomic E-state index is 0.425. The molecular formula is C14H21N5. The second-order valence-electron chi connectivity index (χ2n) is 5.17. The third kappa shape index (κ3) is 3.90. The highest BCUT2D eigenvalue weighted by atomic mass is 15.2. The quantitative estimate of drug-likeness (QED) is 0.873. The molecular weight excluding hydrogens is 238 g/mol. The van der Waals surface area contributed by atoms with Crippen LogP contribution in [-0.2, 0) is 0 Å². The Hall–Kier alpha value is -1.67. The second-order valence-corrected chi connectivity index (χ2v) is 5.17. The normalized spacial score (nSPS) is 19.3. The Morgan fingerprint density at radius 2 is 2.37 bits per heavy atom. The average Bonchev–Trinajstić information content (AvgIpc) is 2.84. The fraction of sp³-hybridized carbons (Fsp3) is 0.643. The lowest BCUT2D eigenvalue weighted by Crippen LogP contribution is -2.24. The molecule has 2 heterocycles. The van der Waals surface area contributed by atoms with E-state index in [-0.39, 0.29) is 0 Å². The van der Waals surface area contributed by atoms with E-state index in [1.165, 1.54) is 25.9 Å². The topological polar surface area (TPSA) is 64.8 Å². The van der Waals surface area contributed by atoms with Crippen molar-refractivity contribution in [3.63, 3.8) is 0 Å². The van der Waals surface area contributed by atoms with Crippen molar-refractivity contribution in [3.05, 3.63) is 17.5 Å². The van der Waals surface area contributed by atoms with E-state index in [2.05, 4.69) is 33.2 Å². The van der Waals surface area contributed by atoms with Gasteiger partial charge in [-0.25, -0.2) is 9.97 Å². The first kappa shape index (κ1) is 13.8. The predicted octanol–water partition coefficient (Wildman–Crippen LogP) is 1.80. The minimum Gasteiger partial charge on any atom is -0.354 e. The summed E-state index contributed by atoms with van der Waals surface area (Å²) >= 11 is 0. The van der Waals surface area contributed by atoms with Crippen LogP contribution in [0.15, 0.2) is 6.07 Å². The van der Waals surface area contributed by atoms with Gasteiger partial charge >= 0.3 is 0 Å². The summed E-state index contributed by atoms with van der Waals surface area (Å²) in [5.41, 5.74) is 1.25. The summed E-state index contributed by atoms with van der Waals surface area (Å²) in [7, 11) is 0. The largest absolute Gasteiger partial charge is 0.354 e. The maximum atomic E-state index is 8.89. The third-order valence-corrected chi connectivity index (χ3v) is 3.43. The molecule has 0 aliphatic carbocycles. The van der Waals surface area contributed by atoms with E-state index in [1.807, 2.05) is 6.92 Å². The highest BCUT2D eigenvalue weighted by molar-refractivity contribution is 5.32. The van der Waals surface area contributed by atoms with Crippen molar-refractivity contribution < 1.29 is 0 Å². The highest BCUT2D eigenvalue weighted by Gasteiger charge is 2.21. The molecule has 0 radical (unpaired) electrons. The molecule has 1 aromatic heterocycles. The molecule has 1 fully saturated rings. The van der Waals surface area contributed by atoms with Crippen molar-refractivity contribution in [1.29, 1.82) is 5.26 Å². The molecule has 1 aliphatic rings. The van der Waals surface area contributed by atoms with E-state index in [1.54, 1.807) is 6.07 Å². The Bertz CT molecular complexity index is 465. The molecule has 0 spiro atoms. The van der Waals surface area contributed by atoms with Gasteiger partial charge in [0.2, 0.25) is 5.95 Å². The summed E-state index contributed by atoms with van der Waals surface area (Å²) in [5, 5.41) is 12.2. The van der Waals surface area contributed by atoms with Gasteiger partial charge in [-0.2, -0.15) is 5.26 Å². The predicted molar refractivity (Wildman–Crippen MR) is 74.8 cm³/mol. The van der Waals surface area contributed by atoms with Gasteiger partial charge in [-0.15, -0.1) is 0 Å². The number of hydrogen-bond donors (Lipinski definition) is 1. The Kier molecular flexibility index (Phi) is 4.69. The van der Waals surface area contributed by atoms with Crippen molar-refractivity contribution in [2.75, 3.05) is 31.5 Å². The number of nitrogens with zero attached hydrogens (tertiary/aromatic N) is 4. The van der Waals surface area contributed by atoms with E-state index >= 15 is 0 Å². The van der Waals surface area contributed by atoms with E-state index < -0.39 is 0 Å². The Balaban J connectivity index is 1.86. The zero-order valence-electron chi connectivity index (χ0n) is 11.7. The van der Waals surface area contributed by atoms with E-state index in [0.29, 0.717) is 17.6 Å². The summed E-state index contributed by atoms with van der Waals surface area (Å²) in [6.07, 6.45) is 2.44. The van der Waals surface area contributed by atoms with Crippen molar-refractivity contribution in [2.24, 2.45) is 5.92 Å². The molecule has 1 aliphatic heterocycles. The average molecular weight is 259 g/mol. The van der Waals surface area contributed by atoms with Gasteiger partial charge < -0.3 is 10.2 Å². The Morgan fingerprint density at radius 3 is 3.11 bits per heavy atom. The van der Waals surface area contributed by atoms with Crippen LogP contribution in [0.2, 0.25) is 0 Å². The Morgan fingerprint density at radius 1 is 1.53 bits per heavy atom. The van der Waals surface area contributed by atoms with Crippen LogP contribution in [0, 0.1) is 24.2 Å². The number of nitriles is 1. The zero-order chi connectivity index (χ0) is 13.7. The van der Waals surface area contributed by atoms with Crippen LogP contribution in [0.5, 0.6) is 0 Å². The summed E-state index contributed by atoms with van der Waals surface area (Å²) in [6, 6.07) is 3.76. The van der Waals surface area contributed by atoms with Crippen LogP contribution in [0.1, 0.15) is 31.2 Å². The molecule has 1 unspecified atom stereocenters. The van der Waals surface area contributed by atoms with Crippen molar-refractivity contribution in [2.45, 2.75) is 26.7 Å². The van der Waals surface area contributed by atoms with Crippen molar-refractivity contribution in [1.82, 2.24) is 14.9 Å². The number of likely N-dealkylation sites (tertiary alicyclic amines) is 1. The lowest BCUT2D eigenvalue weighted by Gasteiger charge is -2.15. The maximum absolute atomic E-state index is 8.89. The van der Waals surface area contributed by atoms with Gasteiger partial charge in [-0.1, -0.05) is 6.92 Å². The molecule has 2 rings (SSSR count). The van der Waals surface area contributed by atoms with Crippen molar-refractivity contribution in [3.8, 4) is 6.07 Å². The zero-order valence-corrected chi connectivity index (χ0v) is 11.7. The smallest absolute Gasteiger partial charge is 0.224 e. The van der Waals surface area contributed by atoms with Crippen LogP contribution in [0.25, 0.3) is 0 Å². The van der Waals surface area contributed by atoms with Gasteiger partial charge in [0.25, 0.3) is 0 Å². The molecule has 0 saturated carbocycles. The SMILES string of the molecule is CCCN1CCC(CNc2nc(C)cc(C#N)n2)C1. The van der Waals surface area contributed by atoms with E-state index in [0.717, 1.165) is 18.8 Å². The lowest BCUT2D eigenvalue weighted by molar-refractivity contribution is 0.327. The molecule has 1 N–H and O–H groups in total. The minimum atomic E-state index is 0.425. The highest BCUT2D eigenvalue weighted by Crippen LogP contribution is 2.16. The fourth-order valence-electron chi connectivity index (χ4n) is 2.54. The van der Waals surface area contributed by atoms with Crippen LogP contribution in [-0.4, -0.2) is 41.0 Å². The molecule has 5 heteroatoms. The molecule has 102 valence electrons. The summed E-state index contributed by atoms with van der Waals surface area (Å²) < 4.78 is 0. The third-order valence-electron chi connectivity index (χ3n) is 3.43. The number of aryl methyl sites for hydroxylation is 1. The van der Waals surface area contributed by atoms with Crippen molar-refractivity contribution >= 4 is 5.95 Å². The molecule has 19 heavy (non-hydrogen) atoms. The summed E-state index contributed by atoms with van der Waals surface area (Å²) in [4.78, 5) is 11.0. The first-order chi connectivity index (χ1) is 9.21. The molecule has 0 bridgehead atoms. The lowest BCUT2D eigenvalue weighted by atomic mass is 10.1. The summed E-state index contributed by atoms with van der Waals surface area (Å²) in [5.74, 6) is 1.23. The number of hydrogen-bond acceptors (Lipinski definition) is 5. The van der Waals surface area contributed by atoms with Gasteiger partial charge in [0, 0.05) is 18.8 Å². The van der Waals surface area contributed by atoms with Gasteiger partial charge in [-0.05, 0) is 44.8 Å². The van der Waals surface area contributed by atoms with E-state index in [4.69, 9.17) is 5.26 Å². The van der Waals surface area contributed by atoms with Gasteiger partial charge in [-0.3, -0.25) is 0 Å². The molecule has 5 nitrogen and oxygen atoms in total. The fourth-order valence-corrected chi connectivity index (χ4v) is 2.54. The molecule has 0 amide bonds. The number of aromatic nitrogens is 2. The van der Waals surface area contributed by atoms with Crippen LogP contribution >= 0.6 is 0 Å².